The molecular weight excluding hydrogens is 536 g/mol. The molecule has 5 saturated carbocycles. The fourth-order valence-electron chi connectivity index (χ4n) is 8.54. The van der Waals surface area contributed by atoms with E-state index >= 15 is 0 Å². The van der Waals surface area contributed by atoms with Crippen LogP contribution in [0.2, 0.25) is 0 Å². The number of nitrogens with zero attached hydrogens (tertiary/aromatic N) is 2. The highest BCUT2D eigenvalue weighted by atomic mass is 32.2. The molecule has 3 atom stereocenters. The third-order valence-corrected chi connectivity index (χ3v) is 11.4. The van der Waals surface area contributed by atoms with E-state index in [0.717, 1.165) is 68.9 Å². The van der Waals surface area contributed by atoms with Gasteiger partial charge in [0.05, 0.1) is 18.3 Å². The Balaban J connectivity index is 1.19. The first-order chi connectivity index (χ1) is 19.3. The zero-order valence-electron chi connectivity index (χ0n) is 23.3. The number of rotatable bonds is 9. The van der Waals surface area contributed by atoms with Crippen LogP contribution in [0.3, 0.4) is 0 Å². The van der Waals surface area contributed by atoms with E-state index in [2.05, 4.69) is 10.2 Å². The Morgan fingerprint density at radius 1 is 1.12 bits per heavy atom. The van der Waals surface area contributed by atoms with Crippen LogP contribution in [-0.4, -0.2) is 60.6 Å². The zero-order valence-corrected chi connectivity index (χ0v) is 24.1. The number of thioether (sulfide) groups is 1. The highest BCUT2D eigenvalue weighted by Gasteiger charge is 2.57. The van der Waals surface area contributed by atoms with Crippen LogP contribution in [0.25, 0.3) is 0 Å². The average Bonchev–Trinajstić information content (AvgIpc) is 3.42. The lowest BCUT2D eigenvalue weighted by atomic mass is 9.52. The van der Waals surface area contributed by atoms with Gasteiger partial charge in [0, 0.05) is 30.8 Å². The van der Waals surface area contributed by atoms with Crippen LogP contribution in [0, 0.1) is 23.7 Å². The number of amides is 1. The number of halogens is 2. The third-order valence-electron chi connectivity index (χ3n) is 10.1. The Labute approximate surface area is 239 Å². The number of ether oxygens (including phenoxy) is 2. The van der Waals surface area contributed by atoms with Crippen LogP contribution in [-0.2, 0) is 14.3 Å². The predicted molar refractivity (Wildman–Crippen MR) is 149 cm³/mol. The second-order valence-corrected chi connectivity index (χ2v) is 14.1. The lowest BCUT2D eigenvalue weighted by molar-refractivity contribution is -0.260. The van der Waals surface area contributed by atoms with Crippen LogP contribution in [0.4, 0.5) is 14.6 Å². The molecule has 0 aromatic carbocycles. The molecule has 0 radical (unpaired) electrons. The first-order valence-corrected chi connectivity index (χ1v) is 15.9. The van der Waals surface area contributed by atoms with E-state index in [1.54, 1.807) is 11.8 Å². The Hall–Kier alpha value is -1.94. The average molecular weight is 578 g/mol. The van der Waals surface area contributed by atoms with Gasteiger partial charge in [0.15, 0.2) is 0 Å². The van der Waals surface area contributed by atoms with Crippen molar-refractivity contribution in [3.05, 3.63) is 17.7 Å². The van der Waals surface area contributed by atoms with Gasteiger partial charge < -0.3 is 19.7 Å². The highest BCUT2D eigenvalue weighted by Crippen LogP contribution is 2.57. The molecule has 7 rings (SSSR count). The van der Waals surface area contributed by atoms with Crippen LogP contribution in [0.1, 0.15) is 87.4 Å². The zero-order chi connectivity index (χ0) is 27.9. The molecular formula is C30H41F2N3O4S. The SMILES string of the molecule is COC(=O)C[C@@H]1CCCN(c2ccc(C(=O)NC3C4CC5CC3CC(OC(F)F)(C5)C4)c(SC3CCCC3)n2)C1. The number of nitrogens with one attached hydrogen (secondary N) is 1. The van der Waals surface area contributed by atoms with Gasteiger partial charge in [-0.1, -0.05) is 12.8 Å². The van der Waals surface area contributed by atoms with Gasteiger partial charge >= 0.3 is 12.6 Å². The van der Waals surface area contributed by atoms with Crippen LogP contribution < -0.4 is 10.2 Å². The summed E-state index contributed by atoms with van der Waals surface area (Å²) in [7, 11) is 1.43. The smallest absolute Gasteiger partial charge is 0.345 e. The summed E-state index contributed by atoms with van der Waals surface area (Å²) in [6.45, 7) is -1.13. The van der Waals surface area contributed by atoms with Gasteiger partial charge in [0.2, 0.25) is 0 Å². The van der Waals surface area contributed by atoms with Crippen molar-refractivity contribution in [3.63, 3.8) is 0 Å². The normalized spacial score (nSPS) is 33.5. The molecule has 1 aromatic rings. The molecule has 0 spiro atoms. The molecule has 5 aliphatic carbocycles. The van der Waals surface area contributed by atoms with Gasteiger partial charge in [-0.05, 0) is 93.6 Å². The minimum Gasteiger partial charge on any atom is -0.469 e. The van der Waals surface area contributed by atoms with Gasteiger partial charge in [0.25, 0.3) is 5.91 Å². The molecule has 1 N–H and O–H groups in total. The van der Waals surface area contributed by atoms with Crippen molar-refractivity contribution in [1.82, 2.24) is 10.3 Å². The van der Waals surface area contributed by atoms with Crippen LogP contribution in [0.15, 0.2) is 17.2 Å². The number of carbonyl (C=O) groups is 2. The van der Waals surface area contributed by atoms with E-state index < -0.39 is 12.2 Å². The molecule has 7 nitrogen and oxygen atoms in total. The van der Waals surface area contributed by atoms with Crippen LogP contribution >= 0.6 is 11.8 Å². The maximum Gasteiger partial charge on any atom is 0.345 e. The van der Waals surface area contributed by atoms with E-state index in [4.69, 9.17) is 14.5 Å². The molecule has 1 saturated heterocycles. The Kier molecular flexibility index (Phi) is 8.28. The van der Waals surface area contributed by atoms with E-state index in [1.807, 2.05) is 12.1 Å². The lowest BCUT2D eigenvalue weighted by Gasteiger charge is -2.59. The molecule has 1 aromatic heterocycles. The van der Waals surface area contributed by atoms with Crippen molar-refractivity contribution < 1.29 is 27.8 Å². The summed E-state index contributed by atoms with van der Waals surface area (Å²) in [5, 5.41) is 4.58. The molecule has 220 valence electrons. The maximum atomic E-state index is 13.8. The number of methoxy groups -OCH3 is 1. The summed E-state index contributed by atoms with van der Waals surface area (Å²) in [4.78, 5) is 33.0. The monoisotopic (exact) mass is 577 g/mol. The third kappa shape index (κ3) is 5.98. The summed E-state index contributed by atoms with van der Waals surface area (Å²) in [5.41, 5.74) is -0.116. The van der Waals surface area contributed by atoms with Crippen molar-refractivity contribution in [1.29, 1.82) is 0 Å². The van der Waals surface area contributed by atoms with Crippen molar-refractivity contribution in [2.45, 2.75) is 106 Å². The minimum atomic E-state index is -2.75. The fourth-order valence-corrected chi connectivity index (χ4v) is 9.86. The number of pyridine rings is 1. The number of hydrogen-bond donors (Lipinski definition) is 1. The molecule has 4 bridgehead atoms. The molecule has 2 heterocycles. The number of aromatic nitrogens is 1. The Morgan fingerprint density at radius 2 is 1.88 bits per heavy atom. The van der Waals surface area contributed by atoms with Gasteiger partial charge in [0.1, 0.15) is 10.8 Å². The van der Waals surface area contributed by atoms with E-state index in [-0.39, 0.29) is 35.7 Å². The number of piperidine rings is 1. The number of esters is 1. The molecule has 6 fully saturated rings. The molecule has 6 aliphatic rings. The van der Waals surface area contributed by atoms with E-state index in [1.165, 1.54) is 20.0 Å². The number of alkyl halides is 2. The first-order valence-electron chi connectivity index (χ1n) is 15.1. The summed E-state index contributed by atoms with van der Waals surface area (Å²) in [6.07, 6.45) is 10.9. The summed E-state index contributed by atoms with van der Waals surface area (Å²) < 4.78 is 36.5. The molecule has 40 heavy (non-hydrogen) atoms. The van der Waals surface area contributed by atoms with Crippen molar-refractivity contribution in [2.75, 3.05) is 25.1 Å². The molecule has 2 unspecified atom stereocenters. The molecule has 1 amide bonds. The van der Waals surface area contributed by atoms with Gasteiger partial charge in [-0.2, -0.15) is 8.78 Å². The van der Waals surface area contributed by atoms with E-state index in [0.29, 0.717) is 36.0 Å². The van der Waals surface area contributed by atoms with Crippen LogP contribution in [0.5, 0.6) is 0 Å². The maximum absolute atomic E-state index is 13.8. The summed E-state index contributed by atoms with van der Waals surface area (Å²) in [6, 6.07) is 3.84. The van der Waals surface area contributed by atoms with Gasteiger partial charge in [-0.15, -0.1) is 11.8 Å². The van der Waals surface area contributed by atoms with Crippen molar-refractivity contribution >= 4 is 29.5 Å². The highest BCUT2D eigenvalue weighted by molar-refractivity contribution is 7.99. The second kappa shape index (κ2) is 11.7. The Morgan fingerprint density at radius 3 is 2.58 bits per heavy atom. The molecule has 1 aliphatic heterocycles. The molecule has 10 heteroatoms. The second-order valence-electron chi connectivity index (χ2n) is 12.8. The number of hydrogen-bond acceptors (Lipinski definition) is 7. The number of carbonyl (C=O) groups excluding carboxylic acids is 2. The van der Waals surface area contributed by atoms with Crippen molar-refractivity contribution in [3.8, 4) is 0 Å². The minimum absolute atomic E-state index is 0.0105. The summed E-state index contributed by atoms with van der Waals surface area (Å²) in [5.74, 6) is 1.55. The standard InChI is InChI=1S/C30H41F2N3O4S/c1-38-25(36)13-18-5-4-10-35(17-18)24-9-8-23(28(33-24)40-22-6-2-3-7-22)27(37)34-26-20-11-19-12-21(26)16-30(14-19,15-20)39-29(31)32/h8-9,18-22,26,29H,2-7,10-17H2,1H3,(H,34,37)/t18-,19?,20?,21?,26?,30?/m0/s1. The van der Waals surface area contributed by atoms with Crippen molar-refractivity contribution in [2.24, 2.45) is 23.7 Å². The predicted octanol–water partition coefficient (Wildman–Crippen LogP) is 5.81. The topological polar surface area (TPSA) is 80.8 Å². The fraction of sp³-hybridized carbons (Fsp3) is 0.767. The largest absolute Gasteiger partial charge is 0.469 e. The van der Waals surface area contributed by atoms with E-state index in [9.17, 15) is 18.4 Å². The lowest BCUT2D eigenvalue weighted by Crippen LogP contribution is -2.62. The Bertz CT molecular complexity index is 1080. The van der Waals surface area contributed by atoms with Gasteiger partial charge in [-0.3, -0.25) is 9.59 Å². The van der Waals surface area contributed by atoms with Gasteiger partial charge in [-0.25, -0.2) is 4.98 Å². The first kappa shape index (κ1) is 28.2. The quantitative estimate of drug-likeness (QED) is 0.371. The summed E-state index contributed by atoms with van der Waals surface area (Å²) >= 11 is 1.72. The number of anilines is 1.